The van der Waals surface area contributed by atoms with Gasteiger partial charge < -0.3 is 19.7 Å². The highest BCUT2D eigenvalue weighted by Crippen LogP contribution is 2.35. The molecule has 2 aromatic carbocycles. The molecule has 0 fully saturated rings. The quantitative estimate of drug-likeness (QED) is 0.153. The molecule has 0 aliphatic rings. The Bertz CT molecular complexity index is 860. The smallest absolute Gasteiger partial charge is 0.494 e. The third kappa shape index (κ3) is 11.0. The molecule has 0 amide bonds. The summed E-state index contributed by atoms with van der Waals surface area (Å²) in [4.78, 5) is 21.7. The maximum absolute atomic E-state index is 13.0. The zero-order valence-electron chi connectivity index (χ0n) is 19.0. The fourth-order valence-corrected chi connectivity index (χ4v) is 4.48. The highest BCUT2D eigenvalue weighted by molar-refractivity contribution is 7.99. The third-order valence-corrected chi connectivity index (χ3v) is 6.52. The predicted octanol–water partition coefficient (Wildman–Crippen LogP) is 4.31. The van der Waals surface area contributed by atoms with Gasteiger partial charge in [0.2, 0.25) is 0 Å². The molecule has 0 spiro atoms. The zero-order valence-corrected chi connectivity index (χ0v) is 20.7. The van der Waals surface area contributed by atoms with Crippen LogP contribution < -0.4 is 9.47 Å². The molecular formula is C24H32O8PS+. The second-order valence-electron chi connectivity index (χ2n) is 7.36. The molecule has 0 heterocycles. The van der Waals surface area contributed by atoms with Crippen molar-refractivity contribution in [3.8, 4) is 11.5 Å². The number of rotatable bonds is 18. The Morgan fingerprint density at radius 1 is 0.853 bits per heavy atom. The number of ketones is 1. The topological polar surface area (TPSA) is 123 Å². The lowest BCUT2D eigenvalue weighted by atomic mass is 10.0. The molecule has 2 unspecified atom stereocenters. The molecule has 0 bridgehead atoms. The Morgan fingerprint density at radius 3 is 1.94 bits per heavy atom. The van der Waals surface area contributed by atoms with E-state index >= 15 is 0 Å². The molecule has 0 saturated heterocycles. The number of hydrogen-bond acceptors (Lipinski definition) is 8. The number of hydrogen-bond donors (Lipinski definition) is 3. The molecule has 2 rings (SSSR count). The lowest BCUT2D eigenvalue weighted by molar-refractivity contribution is 0.0982. The van der Waals surface area contributed by atoms with Crippen molar-refractivity contribution >= 4 is 25.8 Å². The monoisotopic (exact) mass is 511 g/mol. The van der Waals surface area contributed by atoms with Crippen molar-refractivity contribution in [2.24, 2.45) is 0 Å². The van der Waals surface area contributed by atoms with Crippen molar-refractivity contribution in [2.75, 3.05) is 38.8 Å². The number of benzene rings is 2. The summed E-state index contributed by atoms with van der Waals surface area (Å²) in [6, 6.07) is 14.5. The van der Waals surface area contributed by atoms with Gasteiger partial charge in [0.05, 0.1) is 13.2 Å². The van der Waals surface area contributed by atoms with Crippen LogP contribution in [0.15, 0.2) is 48.5 Å². The molecular weight excluding hydrogens is 479 g/mol. The van der Waals surface area contributed by atoms with E-state index in [1.54, 1.807) is 36.0 Å². The van der Waals surface area contributed by atoms with E-state index < -0.39 is 8.25 Å². The summed E-state index contributed by atoms with van der Waals surface area (Å²) < 4.78 is 26.5. The lowest BCUT2D eigenvalue weighted by Crippen LogP contribution is -2.07. The first-order valence-corrected chi connectivity index (χ1v) is 13.3. The Labute approximate surface area is 205 Å². The Morgan fingerprint density at radius 2 is 1.41 bits per heavy atom. The number of thioether (sulfide) groups is 1. The van der Waals surface area contributed by atoms with Gasteiger partial charge >= 0.3 is 8.25 Å². The van der Waals surface area contributed by atoms with Gasteiger partial charge in [-0.1, -0.05) is 12.1 Å². The first kappa shape index (κ1) is 28.2. The molecule has 0 aliphatic heterocycles. The van der Waals surface area contributed by atoms with Gasteiger partial charge in [-0.2, -0.15) is 11.8 Å². The minimum Gasteiger partial charge on any atom is -0.494 e. The van der Waals surface area contributed by atoms with Gasteiger partial charge in [0.15, 0.2) is 5.78 Å². The maximum atomic E-state index is 13.0. The van der Waals surface area contributed by atoms with Crippen molar-refractivity contribution in [3.63, 3.8) is 0 Å². The average molecular weight is 512 g/mol. The van der Waals surface area contributed by atoms with E-state index in [2.05, 4.69) is 0 Å². The average Bonchev–Trinajstić information content (AvgIpc) is 2.84. The third-order valence-electron chi connectivity index (χ3n) is 4.75. The fourth-order valence-electron chi connectivity index (χ4n) is 3.01. The molecule has 0 radical (unpaired) electrons. The van der Waals surface area contributed by atoms with E-state index in [1.807, 2.05) is 24.3 Å². The molecule has 3 N–H and O–H groups in total. The van der Waals surface area contributed by atoms with E-state index in [-0.39, 0.29) is 37.3 Å². The summed E-state index contributed by atoms with van der Waals surface area (Å²) in [7, 11) is -2.60. The standard InChI is InChI=1S/C24H31O8PS/c25-12-1-14-30-21-8-4-19(5-9-21)23(27)18-24(34-17-3-16-32-33(28)29)20-6-10-22(11-7-20)31-15-2-13-26/h4-11,24-26H,1-3,12-18H2/p+1. The van der Waals surface area contributed by atoms with Crippen LogP contribution in [0.25, 0.3) is 0 Å². The van der Waals surface area contributed by atoms with Gasteiger partial charge in [0.25, 0.3) is 0 Å². The highest BCUT2D eigenvalue weighted by Gasteiger charge is 2.19. The van der Waals surface area contributed by atoms with Crippen LogP contribution in [0.1, 0.15) is 46.9 Å². The van der Waals surface area contributed by atoms with Crippen molar-refractivity contribution < 1.29 is 38.5 Å². The number of carbonyl (C=O) groups is 1. The van der Waals surface area contributed by atoms with Gasteiger partial charge in [0.1, 0.15) is 18.1 Å². The van der Waals surface area contributed by atoms with E-state index in [0.717, 1.165) is 5.56 Å². The van der Waals surface area contributed by atoms with Gasteiger partial charge in [-0.15, -0.1) is 9.42 Å². The lowest BCUT2D eigenvalue weighted by Gasteiger charge is -2.17. The first-order chi connectivity index (χ1) is 16.5. The molecule has 0 aliphatic carbocycles. The van der Waals surface area contributed by atoms with Gasteiger partial charge in [0, 0.05) is 47.9 Å². The summed E-state index contributed by atoms with van der Waals surface area (Å²) in [5.74, 6) is 2.00. The molecule has 186 valence electrons. The normalized spacial score (nSPS) is 12.3. The van der Waals surface area contributed by atoms with Crippen molar-refractivity contribution in [3.05, 3.63) is 59.7 Å². The number of carbonyl (C=O) groups excluding carboxylic acids is 1. The number of Topliss-reactive ketones (excluding diaryl/α,β-unsaturated/α-hetero) is 1. The van der Waals surface area contributed by atoms with Crippen LogP contribution >= 0.6 is 20.0 Å². The largest absolute Gasteiger partial charge is 0.694 e. The van der Waals surface area contributed by atoms with Crippen molar-refractivity contribution in [1.29, 1.82) is 0 Å². The van der Waals surface area contributed by atoms with Gasteiger partial charge in [-0.05, 0) is 54.1 Å². The van der Waals surface area contributed by atoms with Crippen LogP contribution in [0, 0.1) is 0 Å². The molecule has 10 heteroatoms. The molecule has 0 aromatic heterocycles. The van der Waals surface area contributed by atoms with Crippen LogP contribution in [-0.4, -0.2) is 59.7 Å². The van der Waals surface area contributed by atoms with Crippen LogP contribution in [0.2, 0.25) is 0 Å². The summed E-state index contributed by atoms with van der Waals surface area (Å²) in [5, 5.41) is 17.6. The number of aliphatic hydroxyl groups is 2. The summed E-state index contributed by atoms with van der Waals surface area (Å²) in [5.41, 5.74) is 1.57. The van der Waals surface area contributed by atoms with E-state index in [4.69, 9.17) is 29.1 Å². The van der Waals surface area contributed by atoms with Crippen LogP contribution in [0.3, 0.4) is 0 Å². The maximum Gasteiger partial charge on any atom is 0.694 e. The minimum absolute atomic E-state index is 0.00244. The number of ether oxygens (including phenoxy) is 2. The van der Waals surface area contributed by atoms with E-state index in [0.29, 0.717) is 55.3 Å². The first-order valence-electron chi connectivity index (χ1n) is 11.1. The van der Waals surface area contributed by atoms with Gasteiger partial charge in [-0.3, -0.25) is 4.79 Å². The summed E-state index contributed by atoms with van der Waals surface area (Å²) >= 11 is 1.59. The zero-order chi connectivity index (χ0) is 24.6. The number of aliphatic hydroxyl groups excluding tert-OH is 2. The second kappa shape index (κ2) is 16.6. The van der Waals surface area contributed by atoms with Crippen LogP contribution in [-0.2, 0) is 9.09 Å². The summed E-state index contributed by atoms with van der Waals surface area (Å²) in [6.45, 7) is 1.16. The Balaban J connectivity index is 2.01. The summed E-state index contributed by atoms with van der Waals surface area (Å²) in [6.07, 6.45) is 1.97. The Kier molecular flexibility index (Phi) is 13.8. The molecule has 2 atom stereocenters. The van der Waals surface area contributed by atoms with Gasteiger partial charge in [-0.25, -0.2) is 0 Å². The molecule has 34 heavy (non-hydrogen) atoms. The Hall–Kier alpha value is -2.00. The minimum atomic E-state index is -2.60. The second-order valence-corrected chi connectivity index (χ2v) is 9.40. The SMILES string of the molecule is O=C(CC(SCCCO[P+](=O)O)c1ccc(OCCCO)cc1)c1ccc(OCCCO)cc1. The fraction of sp³-hybridized carbons (Fsp3) is 0.458. The predicted molar refractivity (Wildman–Crippen MR) is 132 cm³/mol. The molecule has 8 nitrogen and oxygen atoms in total. The van der Waals surface area contributed by atoms with Crippen molar-refractivity contribution in [2.45, 2.75) is 30.9 Å². The van der Waals surface area contributed by atoms with Crippen LogP contribution in [0.5, 0.6) is 11.5 Å². The van der Waals surface area contributed by atoms with Crippen LogP contribution in [0.4, 0.5) is 0 Å². The molecule has 0 saturated carbocycles. The van der Waals surface area contributed by atoms with E-state index in [1.165, 1.54) is 0 Å². The van der Waals surface area contributed by atoms with E-state index in [9.17, 15) is 9.36 Å². The molecule has 2 aromatic rings. The highest BCUT2D eigenvalue weighted by atomic mass is 32.2. The van der Waals surface area contributed by atoms with Crippen molar-refractivity contribution in [1.82, 2.24) is 0 Å².